The SMILES string of the molecule is CCOC(=O)[CH]C1CC1. The van der Waals surface area contributed by atoms with Gasteiger partial charge in [0, 0.05) is 0 Å². The van der Waals surface area contributed by atoms with E-state index >= 15 is 0 Å². The van der Waals surface area contributed by atoms with Crippen LogP contribution in [0.5, 0.6) is 0 Å². The molecular formula is C7H11O2. The quantitative estimate of drug-likeness (QED) is 0.532. The molecule has 0 unspecified atom stereocenters. The Morgan fingerprint density at radius 3 is 2.89 bits per heavy atom. The van der Waals surface area contributed by atoms with Crippen LogP contribution < -0.4 is 0 Å². The Morgan fingerprint density at radius 2 is 2.44 bits per heavy atom. The van der Waals surface area contributed by atoms with Crippen molar-refractivity contribution < 1.29 is 9.53 Å². The Bertz CT molecular complexity index is 105. The molecule has 0 N–H and O–H groups in total. The standard InChI is InChI=1S/C7H11O2/c1-2-9-7(8)5-6-3-4-6/h5-6H,2-4H2,1H3. The summed E-state index contributed by atoms with van der Waals surface area (Å²) >= 11 is 0. The van der Waals surface area contributed by atoms with E-state index in [4.69, 9.17) is 4.74 Å². The van der Waals surface area contributed by atoms with Gasteiger partial charge < -0.3 is 4.74 Å². The molecule has 51 valence electrons. The van der Waals surface area contributed by atoms with E-state index in [1.165, 1.54) is 12.8 Å². The first kappa shape index (κ1) is 6.59. The fraction of sp³-hybridized carbons (Fsp3) is 0.714. The summed E-state index contributed by atoms with van der Waals surface area (Å²) in [7, 11) is 0. The molecule has 0 saturated heterocycles. The highest BCUT2D eigenvalue weighted by Gasteiger charge is 2.25. The summed E-state index contributed by atoms with van der Waals surface area (Å²) in [6.07, 6.45) is 4.00. The van der Waals surface area contributed by atoms with Crippen molar-refractivity contribution in [2.45, 2.75) is 19.8 Å². The number of hydrogen-bond acceptors (Lipinski definition) is 2. The van der Waals surface area contributed by atoms with Gasteiger partial charge in [0.15, 0.2) is 0 Å². The van der Waals surface area contributed by atoms with Crippen molar-refractivity contribution in [3.63, 3.8) is 0 Å². The number of carbonyl (C=O) groups excluding carboxylic acids is 1. The van der Waals surface area contributed by atoms with E-state index in [1.54, 1.807) is 6.42 Å². The molecule has 0 spiro atoms. The van der Waals surface area contributed by atoms with Gasteiger partial charge in [-0.3, -0.25) is 4.79 Å². The van der Waals surface area contributed by atoms with E-state index in [0.29, 0.717) is 12.5 Å². The fourth-order valence-corrected chi connectivity index (χ4v) is 0.646. The maximum Gasteiger partial charge on any atom is 0.310 e. The topological polar surface area (TPSA) is 26.3 Å². The van der Waals surface area contributed by atoms with E-state index in [9.17, 15) is 4.79 Å². The number of rotatable bonds is 3. The minimum Gasteiger partial charge on any atom is -0.466 e. The van der Waals surface area contributed by atoms with Crippen LogP contribution in [-0.2, 0) is 9.53 Å². The molecule has 1 rings (SSSR count). The predicted molar refractivity (Wildman–Crippen MR) is 33.7 cm³/mol. The zero-order chi connectivity index (χ0) is 6.69. The van der Waals surface area contributed by atoms with Crippen LogP contribution in [0.25, 0.3) is 0 Å². The van der Waals surface area contributed by atoms with Crippen molar-refractivity contribution in [2.75, 3.05) is 6.61 Å². The number of ether oxygens (including phenoxy) is 1. The zero-order valence-electron chi connectivity index (χ0n) is 5.59. The van der Waals surface area contributed by atoms with Crippen LogP contribution >= 0.6 is 0 Å². The van der Waals surface area contributed by atoms with Crippen molar-refractivity contribution >= 4 is 5.97 Å². The van der Waals surface area contributed by atoms with Crippen molar-refractivity contribution in [2.24, 2.45) is 5.92 Å². The molecule has 0 aromatic heterocycles. The van der Waals surface area contributed by atoms with Gasteiger partial charge in [-0.15, -0.1) is 0 Å². The molecule has 1 aliphatic carbocycles. The van der Waals surface area contributed by atoms with Crippen molar-refractivity contribution in [3.05, 3.63) is 6.42 Å². The van der Waals surface area contributed by atoms with Gasteiger partial charge in [-0.25, -0.2) is 0 Å². The molecule has 1 saturated carbocycles. The Morgan fingerprint density at radius 1 is 1.78 bits per heavy atom. The first-order valence-corrected chi connectivity index (χ1v) is 3.34. The minimum absolute atomic E-state index is 0.153. The molecule has 0 amide bonds. The highest BCUT2D eigenvalue weighted by Crippen LogP contribution is 2.31. The van der Waals surface area contributed by atoms with Gasteiger partial charge in [0.1, 0.15) is 0 Å². The Balaban J connectivity index is 2.02. The molecule has 0 bridgehead atoms. The lowest BCUT2D eigenvalue weighted by Gasteiger charge is -1.96. The number of carbonyl (C=O) groups is 1. The molecule has 1 fully saturated rings. The number of hydrogen-bond donors (Lipinski definition) is 0. The summed E-state index contributed by atoms with van der Waals surface area (Å²) in [5.41, 5.74) is 0. The minimum atomic E-state index is -0.153. The smallest absolute Gasteiger partial charge is 0.310 e. The van der Waals surface area contributed by atoms with Crippen LogP contribution in [0.15, 0.2) is 0 Å². The lowest BCUT2D eigenvalue weighted by atomic mass is 10.3. The van der Waals surface area contributed by atoms with Crippen molar-refractivity contribution in [1.29, 1.82) is 0 Å². The van der Waals surface area contributed by atoms with Crippen LogP contribution in [0.4, 0.5) is 0 Å². The maximum absolute atomic E-state index is 10.6. The molecule has 0 aromatic rings. The second-order valence-electron chi connectivity index (χ2n) is 2.26. The van der Waals surface area contributed by atoms with Crippen LogP contribution in [0, 0.1) is 12.3 Å². The molecule has 0 atom stereocenters. The van der Waals surface area contributed by atoms with Crippen LogP contribution in [0.3, 0.4) is 0 Å². The zero-order valence-corrected chi connectivity index (χ0v) is 5.59. The summed E-state index contributed by atoms with van der Waals surface area (Å²) < 4.78 is 4.70. The van der Waals surface area contributed by atoms with Gasteiger partial charge in [0.05, 0.1) is 13.0 Å². The Hall–Kier alpha value is -0.530. The highest BCUT2D eigenvalue weighted by molar-refractivity contribution is 5.79. The van der Waals surface area contributed by atoms with Crippen molar-refractivity contribution in [3.8, 4) is 0 Å². The van der Waals surface area contributed by atoms with Gasteiger partial charge in [-0.1, -0.05) is 0 Å². The van der Waals surface area contributed by atoms with Crippen LogP contribution in [-0.4, -0.2) is 12.6 Å². The van der Waals surface area contributed by atoms with E-state index < -0.39 is 0 Å². The predicted octanol–water partition coefficient (Wildman–Crippen LogP) is 1.16. The number of esters is 1. The highest BCUT2D eigenvalue weighted by atomic mass is 16.5. The van der Waals surface area contributed by atoms with Gasteiger partial charge in [-0.05, 0) is 25.7 Å². The molecule has 0 aliphatic heterocycles. The largest absolute Gasteiger partial charge is 0.466 e. The van der Waals surface area contributed by atoms with Gasteiger partial charge in [0.2, 0.25) is 0 Å². The van der Waals surface area contributed by atoms with Gasteiger partial charge >= 0.3 is 5.97 Å². The molecule has 1 radical (unpaired) electrons. The summed E-state index contributed by atoms with van der Waals surface area (Å²) in [5.74, 6) is 0.379. The molecule has 0 aromatic carbocycles. The lowest BCUT2D eigenvalue weighted by Crippen LogP contribution is -2.04. The summed E-state index contributed by atoms with van der Waals surface area (Å²) in [6, 6.07) is 0. The van der Waals surface area contributed by atoms with Crippen LogP contribution in [0.2, 0.25) is 0 Å². The van der Waals surface area contributed by atoms with E-state index in [0.717, 1.165) is 0 Å². The third kappa shape index (κ3) is 2.49. The van der Waals surface area contributed by atoms with E-state index in [2.05, 4.69) is 0 Å². The molecule has 0 heterocycles. The van der Waals surface area contributed by atoms with Gasteiger partial charge in [0.25, 0.3) is 0 Å². The van der Waals surface area contributed by atoms with Gasteiger partial charge in [-0.2, -0.15) is 0 Å². The first-order valence-electron chi connectivity index (χ1n) is 3.34. The molecule has 2 nitrogen and oxygen atoms in total. The normalized spacial score (nSPS) is 17.4. The maximum atomic E-state index is 10.6. The van der Waals surface area contributed by atoms with Crippen LogP contribution in [0.1, 0.15) is 19.8 Å². The molecular weight excluding hydrogens is 116 g/mol. The van der Waals surface area contributed by atoms with E-state index in [-0.39, 0.29) is 5.97 Å². The average Bonchev–Trinajstić information content (AvgIpc) is 2.50. The Kier molecular flexibility index (Phi) is 2.09. The lowest BCUT2D eigenvalue weighted by molar-refractivity contribution is -0.139. The second-order valence-corrected chi connectivity index (χ2v) is 2.26. The fourth-order valence-electron chi connectivity index (χ4n) is 0.646. The molecule has 1 aliphatic rings. The third-order valence-electron chi connectivity index (χ3n) is 1.28. The third-order valence-corrected chi connectivity index (χ3v) is 1.28. The van der Waals surface area contributed by atoms with E-state index in [1.807, 2.05) is 6.92 Å². The molecule has 9 heavy (non-hydrogen) atoms. The average molecular weight is 127 g/mol. The summed E-state index contributed by atoms with van der Waals surface area (Å²) in [5, 5.41) is 0. The summed E-state index contributed by atoms with van der Waals surface area (Å²) in [6.45, 7) is 2.31. The first-order chi connectivity index (χ1) is 4.33. The summed E-state index contributed by atoms with van der Waals surface area (Å²) in [4.78, 5) is 10.6. The Labute approximate surface area is 55.2 Å². The molecule has 2 heteroatoms. The van der Waals surface area contributed by atoms with Crippen molar-refractivity contribution in [1.82, 2.24) is 0 Å². The second kappa shape index (κ2) is 2.85. The monoisotopic (exact) mass is 127 g/mol.